The average molecular weight is 281 g/mol. The van der Waals surface area contributed by atoms with E-state index in [2.05, 4.69) is 0 Å². The number of carbonyl (C=O) groups excluding carboxylic acids is 2. The lowest BCUT2D eigenvalue weighted by Gasteiger charge is -2.31. The van der Waals surface area contributed by atoms with E-state index in [1.54, 1.807) is 0 Å². The van der Waals surface area contributed by atoms with Crippen molar-refractivity contribution in [2.24, 2.45) is 0 Å². The number of carbonyl (C=O) groups is 2. The number of hydrogen-bond acceptors (Lipinski definition) is 3. The van der Waals surface area contributed by atoms with Crippen molar-refractivity contribution >= 4 is 11.8 Å². The molecule has 6 heteroatoms. The zero-order valence-electron chi connectivity index (χ0n) is 10.6. The number of nitrogens with zero attached hydrogens (tertiary/aromatic N) is 1. The summed E-state index contributed by atoms with van der Waals surface area (Å²) in [6.07, 6.45) is 1.65. The molecule has 1 N–H and O–H groups in total. The molecule has 0 radical (unpaired) electrons. The van der Waals surface area contributed by atoms with Crippen molar-refractivity contribution in [2.75, 3.05) is 0 Å². The quantitative estimate of drug-likeness (QED) is 0.799. The van der Waals surface area contributed by atoms with Crippen molar-refractivity contribution in [3.8, 4) is 0 Å². The van der Waals surface area contributed by atoms with Gasteiger partial charge >= 0.3 is 0 Å². The highest BCUT2D eigenvalue weighted by Crippen LogP contribution is 2.32. The molecule has 2 amide bonds. The van der Waals surface area contributed by atoms with Gasteiger partial charge in [0.1, 0.15) is 0 Å². The maximum absolute atomic E-state index is 13.2. The van der Waals surface area contributed by atoms with E-state index in [0.717, 1.165) is 17.0 Å². The Labute approximate surface area is 114 Å². The summed E-state index contributed by atoms with van der Waals surface area (Å²) in [7, 11) is 0. The van der Waals surface area contributed by atoms with E-state index in [4.69, 9.17) is 0 Å². The lowest BCUT2D eigenvalue weighted by molar-refractivity contribution is 0.0449. The minimum atomic E-state index is -1.13. The minimum Gasteiger partial charge on any atom is -0.393 e. The van der Waals surface area contributed by atoms with E-state index in [-0.39, 0.29) is 17.2 Å². The Hall–Kier alpha value is -1.82. The number of halogens is 2. The highest BCUT2D eigenvalue weighted by atomic mass is 19.2. The SMILES string of the molecule is O=C1c2cc(F)c(F)cc2C(=O)N1C1CCC(O)CC1. The Morgan fingerprint density at radius 1 is 0.950 bits per heavy atom. The van der Waals surface area contributed by atoms with Crippen LogP contribution < -0.4 is 0 Å². The van der Waals surface area contributed by atoms with Crippen LogP contribution in [0.15, 0.2) is 12.1 Å². The molecule has 106 valence electrons. The molecule has 0 saturated heterocycles. The van der Waals surface area contributed by atoms with Crippen molar-refractivity contribution in [3.63, 3.8) is 0 Å². The Bertz CT molecular complexity index is 553. The maximum Gasteiger partial charge on any atom is 0.261 e. The third kappa shape index (κ3) is 1.91. The van der Waals surface area contributed by atoms with Crippen LogP contribution in [-0.4, -0.2) is 34.0 Å². The van der Waals surface area contributed by atoms with Gasteiger partial charge in [0.2, 0.25) is 0 Å². The lowest BCUT2D eigenvalue weighted by Crippen LogP contribution is -2.42. The van der Waals surface area contributed by atoms with Crippen molar-refractivity contribution in [1.29, 1.82) is 0 Å². The molecule has 1 aromatic rings. The number of hydrogen-bond donors (Lipinski definition) is 1. The van der Waals surface area contributed by atoms with Gasteiger partial charge in [-0.15, -0.1) is 0 Å². The molecule has 20 heavy (non-hydrogen) atoms. The fraction of sp³-hybridized carbons (Fsp3) is 0.429. The van der Waals surface area contributed by atoms with E-state index in [9.17, 15) is 23.5 Å². The molecule has 0 unspecified atom stereocenters. The second kappa shape index (κ2) is 4.63. The summed E-state index contributed by atoms with van der Waals surface area (Å²) in [5.41, 5.74) is -0.167. The fourth-order valence-electron chi connectivity index (χ4n) is 2.90. The smallest absolute Gasteiger partial charge is 0.261 e. The van der Waals surface area contributed by atoms with Crippen LogP contribution in [0.1, 0.15) is 46.4 Å². The first-order valence-electron chi connectivity index (χ1n) is 6.54. The van der Waals surface area contributed by atoms with Crippen molar-refractivity contribution in [3.05, 3.63) is 34.9 Å². The van der Waals surface area contributed by atoms with Gasteiger partial charge in [-0.25, -0.2) is 8.78 Å². The van der Waals surface area contributed by atoms with E-state index < -0.39 is 29.6 Å². The zero-order valence-corrected chi connectivity index (χ0v) is 10.6. The van der Waals surface area contributed by atoms with E-state index in [0.29, 0.717) is 25.7 Å². The highest BCUT2D eigenvalue weighted by molar-refractivity contribution is 6.21. The molecule has 2 aliphatic rings. The van der Waals surface area contributed by atoms with Gasteiger partial charge in [-0.1, -0.05) is 0 Å². The lowest BCUT2D eigenvalue weighted by atomic mass is 9.92. The van der Waals surface area contributed by atoms with Gasteiger partial charge in [-0.3, -0.25) is 14.5 Å². The normalized spacial score (nSPS) is 26.1. The fourth-order valence-corrected chi connectivity index (χ4v) is 2.90. The molecular formula is C14H13F2NO3. The highest BCUT2D eigenvalue weighted by Gasteiger charge is 2.41. The Kier molecular flexibility index (Phi) is 3.05. The van der Waals surface area contributed by atoms with E-state index in [1.807, 2.05) is 0 Å². The van der Waals surface area contributed by atoms with E-state index in [1.165, 1.54) is 0 Å². The zero-order chi connectivity index (χ0) is 14.4. The number of aliphatic hydroxyl groups is 1. The molecule has 1 saturated carbocycles. The molecule has 1 heterocycles. The third-order valence-electron chi connectivity index (χ3n) is 3.99. The molecule has 1 aromatic carbocycles. The van der Waals surface area contributed by atoms with Crippen LogP contribution in [0.4, 0.5) is 8.78 Å². The van der Waals surface area contributed by atoms with Gasteiger partial charge in [0, 0.05) is 6.04 Å². The monoisotopic (exact) mass is 281 g/mol. The molecule has 1 aliphatic heterocycles. The average Bonchev–Trinajstić information content (AvgIpc) is 2.65. The van der Waals surface area contributed by atoms with Crippen LogP contribution in [0.25, 0.3) is 0 Å². The predicted molar refractivity (Wildman–Crippen MR) is 65.1 cm³/mol. The Morgan fingerprint density at radius 3 is 1.85 bits per heavy atom. The largest absolute Gasteiger partial charge is 0.393 e. The summed E-state index contributed by atoms with van der Waals surface area (Å²) >= 11 is 0. The Morgan fingerprint density at radius 2 is 1.40 bits per heavy atom. The number of amides is 2. The summed E-state index contributed by atoms with van der Waals surface area (Å²) in [5, 5.41) is 9.46. The third-order valence-corrected chi connectivity index (χ3v) is 3.99. The first kappa shape index (κ1) is 13.2. The minimum absolute atomic E-state index is 0.0833. The van der Waals surface area contributed by atoms with Crippen LogP contribution in [0.5, 0.6) is 0 Å². The molecule has 0 spiro atoms. The molecule has 0 bridgehead atoms. The van der Waals surface area contributed by atoms with Crippen LogP contribution in [0.3, 0.4) is 0 Å². The molecule has 0 aromatic heterocycles. The number of aliphatic hydroxyl groups excluding tert-OH is 1. The topological polar surface area (TPSA) is 57.6 Å². The molecular weight excluding hydrogens is 268 g/mol. The summed E-state index contributed by atoms with van der Waals surface area (Å²) in [5.74, 6) is -3.42. The summed E-state index contributed by atoms with van der Waals surface area (Å²) < 4.78 is 26.4. The first-order valence-corrected chi connectivity index (χ1v) is 6.54. The van der Waals surface area contributed by atoms with Crippen LogP contribution in [0, 0.1) is 11.6 Å². The summed E-state index contributed by atoms with van der Waals surface area (Å²) in [6, 6.07) is 1.25. The summed E-state index contributed by atoms with van der Waals surface area (Å²) in [4.78, 5) is 25.5. The maximum atomic E-state index is 13.2. The molecule has 3 rings (SSSR count). The van der Waals surface area contributed by atoms with E-state index >= 15 is 0 Å². The second-order valence-corrected chi connectivity index (χ2v) is 5.25. The van der Waals surface area contributed by atoms with Gasteiger partial charge in [0.25, 0.3) is 11.8 Å². The number of benzene rings is 1. The van der Waals surface area contributed by atoms with Crippen LogP contribution in [0.2, 0.25) is 0 Å². The van der Waals surface area contributed by atoms with Crippen molar-refractivity contribution in [1.82, 2.24) is 4.90 Å². The van der Waals surface area contributed by atoms with Crippen LogP contribution in [-0.2, 0) is 0 Å². The van der Waals surface area contributed by atoms with Gasteiger partial charge in [-0.2, -0.15) is 0 Å². The number of fused-ring (bicyclic) bond motifs is 1. The van der Waals surface area contributed by atoms with Gasteiger partial charge < -0.3 is 5.11 Å². The molecule has 1 fully saturated rings. The Balaban J connectivity index is 1.93. The van der Waals surface area contributed by atoms with Gasteiger partial charge in [0.05, 0.1) is 17.2 Å². The predicted octanol–water partition coefficient (Wildman–Crippen LogP) is 1.86. The molecule has 1 aliphatic carbocycles. The van der Waals surface area contributed by atoms with Crippen molar-refractivity contribution < 1.29 is 23.5 Å². The molecule has 4 nitrogen and oxygen atoms in total. The number of imide groups is 1. The van der Waals surface area contributed by atoms with Gasteiger partial charge in [0.15, 0.2) is 11.6 Å². The summed E-state index contributed by atoms with van der Waals surface area (Å²) in [6.45, 7) is 0. The molecule has 0 atom stereocenters. The first-order chi connectivity index (χ1) is 9.49. The second-order valence-electron chi connectivity index (χ2n) is 5.25. The van der Waals surface area contributed by atoms with Gasteiger partial charge in [-0.05, 0) is 37.8 Å². The number of rotatable bonds is 1. The van der Waals surface area contributed by atoms with Crippen molar-refractivity contribution in [2.45, 2.75) is 37.8 Å². The van der Waals surface area contributed by atoms with Crippen LogP contribution >= 0.6 is 0 Å². The standard InChI is InChI=1S/C14H13F2NO3/c15-11-5-9-10(6-12(11)16)14(20)17(13(9)19)7-1-3-8(18)4-2-7/h5-8,18H,1-4H2.